The molecule has 0 unspecified atom stereocenters. The molecule has 0 aliphatic carbocycles. The molecule has 0 aromatic heterocycles. The maximum atomic E-state index is 14.0. The molecule has 4 rings (SSSR count). The molecule has 0 bridgehead atoms. The van der Waals surface area contributed by atoms with Crippen molar-refractivity contribution in [1.29, 1.82) is 0 Å². The molecule has 18 heteroatoms. The number of aliphatic hydroxyl groups is 1. The summed E-state index contributed by atoms with van der Waals surface area (Å²) in [7, 11) is 0. The summed E-state index contributed by atoms with van der Waals surface area (Å²) >= 11 is 0. The van der Waals surface area contributed by atoms with E-state index in [-0.39, 0.29) is 38.0 Å². The van der Waals surface area contributed by atoms with E-state index in [1.807, 2.05) is 0 Å². The average Bonchev–Trinajstić information content (AvgIpc) is 3.70. The summed E-state index contributed by atoms with van der Waals surface area (Å²) in [6.45, 7) is 0.282. The number of carbonyl (C=O) groups is 7. The lowest BCUT2D eigenvalue weighted by Crippen LogP contribution is -2.58. The van der Waals surface area contributed by atoms with Gasteiger partial charge in [-0.15, -0.1) is 0 Å². The van der Waals surface area contributed by atoms with E-state index in [1.54, 1.807) is 66.7 Å². The highest BCUT2D eigenvalue weighted by Crippen LogP contribution is 2.20. The average molecular weight is 802 g/mol. The maximum absolute atomic E-state index is 14.0. The number of hydrogen-bond donors (Lipinski definition) is 10. The van der Waals surface area contributed by atoms with Gasteiger partial charge in [0.1, 0.15) is 36.0 Å². The van der Waals surface area contributed by atoms with Gasteiger partial charge < -0.3 is 58.9 Å². The van der Waals surface area contributed by atoms with Gasteiger partial charge in [0.05, 0.1) is 19.2 Å². The van der Waals surface area contributed by atoms with Crippen LogP contribution < -0.4 is 43.8 Å². The Morgan fingerprint density at radius 1 is 0.741 bits per heavy atom. The quantitative estimate of drug-likeness (QED) is 0.0585. The minimum Gasteiger partial charge on any atom is -0.508 e. The predicted molar refractivity (Wildman–Crippen MR) is 212 cm³/mol. The van der Waals surface area contributed by atoms with Crippen LogP contribution in [0.25, 0.3) is 0 Å². The number of phenolic OH excluding ortho intramolecular Hbond substituents is 1. The summed E-state index contributed by atoms with van der Waals surface area (Å²) < 4.78 is 0. The topological polar surface area (TPSA) is 301 Å². The fraction of sp³-hybridized carbons (Fsp3) is 0.375. The molecular formula is C40H51N9O9. The molecule has 310 valence electrons. The summed E-state index contributed by atoms with van der Waals surface area (Å²) in [5, 5.41) is 31.7. The number of anilines is 1. The first-order valence-corrected chi connectivity index (χ1v) is 18.8. The van der Waals surface area contributed by atoms with Crippen LogP contribution in [0.15, 0.2) is 78.9 Å². The van der Waals surface area contributed by atoms with E-state index >= 15 is 0 Å². The number of nitrogens with two attached hydrogens (primary N) is 3. The van der Waals surface area contributed by atoms with Crippen LogP contribution in [0.4, 0.5) is 5.69 Å². The molecular weight excluding hydrogens is 750 g/mol. The molecule has 1 aliphatic rings. The van der Waals surface area contributed by atoms with Gasteiger partial charge in [0, 0.05) is 25.1 Å². The third kappa shape index (κ3) is 13.0. The number of phenols is 1. The maximum Gasteiger partial charge on any atom is 0.246 e. The van der Waals surface area contributed by atoms with Crippen LogP contribution in [0, 0.1) is 0 Å². The summed E-state index contributed by atoms with van der Waals surface area (Å²) in [5.74, 6) is -4.94. The van der Waals surface area contributed by atoms with Crippen molar-refractivity contribution in [2.75, 3.05) is 25.4 Å². The fourth-order valence-corrected chi connectivity index (χ4v) is 6.32. The third-order valence-electron chi connectivity index (χ3n) is 9.55. The standard InChI is InChI=1S/C40H51N9O9/c1-23(45-37(55)29(42)18-25-11-15-28(51)16-12-25)36(54)47-30(19-24-6-3-2-4-7-24)38(56)44-21-34(52)46-31(20-26-9-13-27(41)14-10-26)40(58)49-17-5-8-33(49)39(57)48-32(22-50)35(43)53/h2-4,6-7,9-16,23,29-33,50-51H,5,8,17-22,41-42H2,1H3,(H2,43,53)(H,44,56)(H,45,55)(H,46,52)(H,47,54)(H,48,57)/t23-,29+,30+,31+,32+,33+/m1/s1. The van der Waals surface area contributed by atoms with Gasteiger partial charge in [-0.05, 0) is 67.1 Å². The molecule has 1 saturated heterocycles. The number of aromatic hydroxyl groups is 1. The highest BCUT2D eigenvalue weighted by Gasteiger charge is 2.39. The number of primary amides is 1. The Morgan fingerprint density at radius 2 is 1.34 bits per heavy atom. The van der Waals surface area contributed by atoms with Gasteiger partial charge in [0.25, 0.3) is 0 Å². The lowest BCUT2D eigenvalue weighted by Gasteiger charge is -2.29. The molecule has 7 amide bonds. The summed E-state index contributed by atoms with van der Waals surface area (Å²) in [6.07, 6.45) is 0.885. The lowest BCUT2D eigenvalue weighted by molar-refractivity contribution is -0.142. The molecule has 0 spiro atoms. The van der Waals surface area contributed by atoms with Gasteiger partial charge in [-0.25, -0.2) is 0 Å². The Bertz CT molecular complexity index is 1910. The third-order valence-corrected chi connectivity index (χ3v) is 9.55. The van der Waals surface area contributed by atoms with E-state index in [0.29, 0.717) is 28.8 Å². The Hall–Kier alpha value is -6.53. The van der Waals surface area contributed by atoms with Crippen molar-refractivity contribution in [1.82, 2.24) is 31.5 Å². The zero-order valence-electron chi connectivity index (χ0n) is 32.1. The SMILES string of the molecule is C[C@@H](NC(=O)[C@@H](N)Cc1ccc(O)cc1)C(=O)N[C@@H](Cc1ccccc1)C(=O)NCC(=O)N[C@@H](Cc1ccc(N)cc1)C(=O)N1CCC[C@H]1C(=O)N[C@@H](CO)C(N)=O. The smallest absolute Gasteiger partial charge is 0.246 e. The Morgan fingerprint density at radius 3 is 1.98 bits per heavy atom. The number of aliphatic hydroxyl groups excluding tert-OH is 1. The zero-order valence-corrected chi connectivity index (χ0v) is 32.1. The van der Waals surface area contributed by atoms with Gasteiger partial charge in [0.15, 0.2) is 0 Å². The zero-order chi connectivity index (χ0) is 42.4. The van der Waals surface area contributed by atoms with E-state index in [4.69, 9.17) is 17.2 Å². The molecule has 3 aromatic carbocycles. The van der Waals surface area contributed by atoms with Crippen molar-refractivity contribution in [2.45, 2.75) is 75.3 Å². The van der Waals surface area contributed by atoms with Crippen molar-refractivity contribution in [3.63, 3.8) is 0 Å². The fourth-order valence-electron chi connectivity index (χ4n) is 6.32. The number of nitrogens with one attached hydrogen (secondary N) is 5. The van der Waals surface area contributed by atoms with E-state index in [0.717, 1.165) is 0 Å². The van der Waals surface area contributed by atoms with Crippen LogP contribution in [0.5, 0.6) is 5.75 Å². The van der Waals surface area contributed by atoms with Crippen molar-refractivity contribution in [3.8, 4) is 5.75 Å². The van der Waals surface area contributed by atoms with Gasteiger partial charge in [-0.1, -0.05) is 54.6 Å². The van der Waals surface area contributed by atoms with Crippen LogP contribution in [0.2, 0.25) is 0 Å². The molecule has 3 aromatic rings. The number of nitrogens with zero attached hydrogens (tertiary/aromatic N) is 1. The molecule has 1 aliphatic heterocycles. The first kappa shape index (κ1) is 44.2. The summed E-state index contributed by atoms with van der Waals surface area (Å²) in [6, 6.07) is 14.8. The van der Waals surface area contributed by atoms with Crippen molar-refractivity contribution in [3.05, 3.63) is 95.6 Å². The number of benzene rings is 3. The molecule has 1 fully saturated rings. The molecule has 6 atom stereocenters. The van der Waals surface area contributed by atoms with Gasteiger partial charge in [0.2, 0.25) is 41.4 Å². The molecule has 13 N–H and O–H groups in total. The van der Waals surface area contributed by atoms with Crippen molar-refractivity contribution < 1.29 is 43.8 Å². The second kappa shape index (κ2) is 21.1. The normalized spacial score (nSPS) is 16.1. The Kier molecular flexibility index (Phi) is 16.1. The minimum atomic E-state index is -1.35. The molecule has 58 heavy (non-hydrogen) atoms. The van der Waals surface area contributed by atoms with Crippen LogP contribution in [-0.2, 0) is 52.8 Å². The second-order valence-corrected chi connectivity index (χ2v) is 14.1. The largest absolute Gasteiger partial charge is 0.508 e. The van der Waals surface area contributed by atoms with Crippen LogP contribution in [-0.4, -0.2) is 112 Å². The van der Waals surface area contributed by atoms with Crippen molar-refractivity contribution >= 4 is 47.0 Å². The van der Waals surface area contributed by atoms with E-state index in [2.05, 4.69) is 26.6 Å². The molecule has 18 nitrogen and oxygen atoms in total. The summed E-state index contributed by atoms with van der Waals surface area (Å²) in [5.41, 5.74) is 19.7. The number of amides is 7. The Labute approximate surface area is 335 Å². The highest BCUT2D eigenvalue weighted by atomic mass is 16.3. The van der Waals surface area contributed by atoms with Gasteiger partial charge in [-0.3, -0.25) is 33.6 Å². The second-order valence-electron chi connectivity index (χ2n) is 14.1. The van der Waals surface area contributed by atoms with Gasteiger partial charge >= 0.3 is 0 Å². The molecule has 1 heterocycles. The lowest BCUT2D eigenvalue weighted by atomic mass is 10.0. The first-order valence-electron chi connectivity index (χ1n) is 18.8. The number of rotatable bonds is 19. The van der Waals surface area contributed by atoms with Crippen LogP contribution in [0.3, 0.4) is 0 Å². The van der Waals surface area contributed by atoms with E-state index < -0.39 is 90.8 Å². The minimum absolute atomic E-state index is 0.000908. The highest BCUT2D eigenvalue weighted by molar-refractivity contribution is 5.96. The molecule has 0 radical (unpaired) electrons. The monoisotopic (exact) mass is 801 g/mol. The van der Waals surface area contributed by atoms with Crippen molar-refractivity contribution in [2.24, 2.45) is 11.5 Å². The number of nitrogen functional groups attached to an aromatic ring is 1. The predicted octanol–water partition coefficient (Wildman–Crippen LogP) is -2.13. The van der Waals surface area contributed by atoms with Gasteiger partial charge in [-0.2, -0.15) is 0 Å². The molecule has 0 saturated carbocycles. The Balaban J connectivity index is 1.42. The number of carbonyl (C=O) groups excluding carboxylic acids is 7. The van der Waals surface area contributed by atoms with Crippen LogP contribution in [0.1, 0.15) is 36.5 Å². The van der Waals surface area contributed by atoms with E-state index in [9.17, 15) is 43.8 Å². The van der Waals surface area contributed by atoms with E-state index in [1.165, 1.54) is 24.0 Å². The number of likely N-dealkylation sites (tertiary alicyclic amines) is 1. The summed E-state index contributed by atoms with van der Waals surface area (Å²) in [4.78, 5) is 93.1. The first-order chi connectivity index (χ1) is 27.6. The number of hydrogen-bond acceptors (Lipinski definition) is 11. The van der Waals surface area contributed by atoms with Crippen LogP contribution >= 0.6 is 0 Å².